The Morgan fingerprint density at radius 1 is 1.09 bits per heavy atom. The van der Waals surface area contributed by atoms with Gasteiger partial charge >= 0.3 is 5.97 Å². The Labute approximate surface area is 245 Å². The highest BCUT2D eigenvalue weighted by molar-refractivity contribution is 5.97. The molecule has 2 heterocycles. The van der Waals surface area contributed by atoms with Crippen molar-refractivity contribution in [3.8, 4) is 11.5 Å². The number of nitrogens with two attached hydrogens (primary N) is 2. The first-order chi connectivity index (χ1) is 20.5. The molecule has 1 atom stereocenters. The molecule has 3 aromatic carbocycles. The Hall–Kier alpha value is -5.63. The van der Waals surface area contributed by atoms with E-state index in [0.717, 1.165) is 0 Å². The summed E-state index contributed by atoms with van der Waals surface area (Å²) in [6.07, 6.45) is 0. The summed E-state index contributed by atoms with van der Waals surface area (Å²) in [7, 11) is 3.11. The molecular weight excluding hydrogens is 556 g/mol. The van der Waals surface area contributed by atoms with E-state index in [2.05, 4.69) is 25.3 Å². The smallest absolute Gasteiger partial charge is 0.343 e. The highest BCUT2D eigenvalue weighted by Gasteiger charge is 2.34. The van der Waals surface area contributed by atoms with Crippen LogP contribution in [0.15, 0.2) is 59.6 Å². The number of nitrogens with one attached hydrogen (secondary N) is 2. The molecule has 43 heavy (non-hydrogen) atoms. The van der Waals surface area contributed by atoms with Gasteiger partial charge in [-0.1, -0.05) is 6.07 Å². The molecule has 1 amide bonds. The van der Waals surface area contributed by atoms with Crippen LogP contribution < -0.4 is 26.3 Å². The topological polar surface area (TPSA) is 216 Å². The summed E-state index contributed by atoms with van der Waals surface area (Å²) in [4.78, 5) is 40.9. The van der Waals surface area contributed by atoms with Crippen molar-refractivity contribution in [3.05, 3.63) is 77.4 Å². The van der Waals surface area contributed by atoms with Crippen LogP contribution in [-0.4, -0.2) is 67.8 Å². The van der Waals surface area contributed by atoms with Gasteiger partial charge in [0.25, 0.3) is 5.91 Å². The molecule has 14 nitrogen and oxygen atoms in total. The number of carboxylic acids is 1. The molecule has 222 valence electrons. The standard InChI is InChI=1S/C29H30N8O6/c1-29(41,26-34-17-10-8-16(33-28(30)31)14-19(17)35-26)27-36-18-9-7-15(13-20(18)37(27)2)24(38)32-11-12-43-22-6-4-5-21(42-3)23(22)25(39)40/h4-10,13-14,41H,11-12H2,1-3H3,(H,32,38)(H,34,35)(H,39,40)(H4,30,31,33). The first kappa shape index (κ1) is 28.9. The second kappa shape index (κ2) is 11.3. The highest BCUT2D eigenvalue weighted by atomic mass is 16.5. The van der Waals surface area contributed by atoms with Crippen LogP contribution in [0.25, 0.3) is 22.1 Å². The average Bonchev–Trinajstić information content (AvgIpc) is 3.56. The number of aromatic carboxylic acids is 1. The number of aliphatic imine (C=N–C) groups is 1. The third kappa shape index (κ3) is 5.63. The van der Waals surface area contributed by atoms with E-state index in [4.69, 9.17) is 20.9 Å². The van der Waals surface area contributed by atoms with Crippen molar-refractivity contribution in [2.24, 2.45) is 23.5 Å². The average molecular weight is 587 g/mol. The maximum absolute atomic E-state index is 12.9. The number of aromatic nitrogens is 4. The number of aliphatic hydroxyl groups is 1. The molecule has 8 N–H and O–H groups in total. The highest BCUT2D eigenvalue weighted by Crippen LogP contribution is 2.32. The number of methoxy groups -OCH3 is 1. The van der Waals surface area contributed by atoms with E-state index in [9.17, 15) is 19.8 Å². The van der Waals surface area contributed by atoms with Gasteiger partial charge in [0.15, 0.2) is 11.6 Å². The Morgan fingerprint density at radius 2 is 1.84 bits per heavy atom. The predicted molar refractivity (Wildman–Crippen MR) is 159 cm³/mol. The van der Waals surface area contributed by atoms with Crippen LogP contribution in [0.5, 0.6) is 11.5 Å². The van der Waals surface area contributed by atoms with Gasteiger partial charge in [0.05, 0.1) is 41.4 Å². The third-order valence-electron chi connectivity index (χ3n) is 6.83. The minimum atomic E-state index is -1.61. The number of guanidine groups is 1. The molecular formula is C29H30N8O6. The lowest BCUT2D eigenvalue weighted by Crippen LogP contribution is -2.28. The number of imidazole rings is 2. The predicted octanol–water partition coefficient (Wildman–Crippen LogP) is 2.13. The molecule has 0 saturated carbocycles. The number of amides is 1. The molecule has 14 heteroatoms. The number of carboxylic acid groups (broad SMARTS) is 1. The van der Waals surface area contributed by atoms with Gasteiger partial charge in [-0.15, -0.1) is 0 Å². The number of H-pyrrole nitrogens is 1. The molecule has 0 aliphatic carbocycles. The van der Waals surface area contributed by atoms with Crippen LogP contribution >= 0.6 is 0 Å². The van der Waals surface area contributed by atoms with Gasteiger partial charge in [-0.05, 0) is 55.5 Å². The van der Waals surface area contributed by atoms with Crippen molar-refractivity contribution in [2.45, 2.75) is 12.5 Å². The molecule has 0 aliphatic rings. The Morgan fingerprint density at radius 3 is 2.56 bits per heavy atom. The quantitative estimate of drug-likeness (QED) is 0.0796. The van der Waals surface area contributed by atoms with E-state index in [-0.39, 0.29) is 47.9 Å². The van der Waals surface area contributed by atoms with Gasteiger partial charge < -0.3 is 46.0 Å². The van der Waals surface area contributed by atoms with Gasteiger partial charge in [0.1, 0.15) is 35.3 Å². The summed E-state index contributed by atoms with van der Waals surface area (Å²) in [6.45, 7) is 1.73. The van der Waals surface area contributed by atoms with Gasteiger partial charge in [0, 0.05) is 12.6 Å². The lowest BCUT2D eigenvalue weighted by molar-refractivity contribution is 0.0687. The number of fused-ring (bicyclic) bond motifs is 2. The van der Waals surface area contributed by atoms with Crippen molar-refractivity contribution < 1.29 is 29.3 Å². The monoisotopic (exact) mass is 586 g/mol. The summed E-state index contributed by atoms with van der Waals surface area (Å²) >= 11 is 0. The summed E-state index contributed by atoms with van der Waals surface area (Å²) in [5.41, 5.74) is 12.6. The Balaban J connectivity index is 1.32. The van der Waals surface area contributed by atoms with Crippen LogP contribution in [0.3, 0.4) is 0 Å². The minimum Gasteiger partial charge on any atom is -0.496 e. The zero-order valence-electron chi connectivity index (χ0n) is 23.6. The molecule has 0 bridgehead atoms. The molecule has 0 saturated heterocycles. The Bertz CT molecular complexity index is 1890. The van der Waals surface area contributed by atoms with Gasteiger partial charge in [-0.25, -0.2) is 19.8 Å². The fraction of sp³-hybridized carbons (Fsp3) is 0.207. The molecule has 1 unspecified atom stereocenters. The largest absolute Gasteiger partial charge is 0.496 e. The molecule has 0 aliphatic heterocycles. The number of hydrogen-bond acceptors (Lipinski definition) is 8. The van der Waals surface area contributed by atoms with Gasteiger partial charge in [0.2, 0.25) is 0 Å². The van der Waals surface area contributed by atoms with Crippen LogP contribution in [0.4, 0.5) is 5.69 Å². The number of benzene rings is 3. The molecule has 5 rings (SSSR count). The van der Waals surface area contributed by atoms with Crippen LogP contribution in [0.1, 0.15) is 39.3 Å². The maximum atomic E-state index is 12.9. The normalized spacial score (nSPS) is 12.6. The molecule has 0 radical (unpaired) electrons. The fourth-order valence-corrected chi connectivity index (χ4v) is 4.76. The summed E-state index contributed by atoms with van der Waals surface area (Å²) in [5.74, 6) is -0.735. The number of nitrogens with zero attached hydrogens (tertiary/aromatic N) is 4. The van der Waals surface area contributed by atoms with Crippen molar-refractivity contribution >= 4 is 45.6 Å². The van der Waals surface area contributed by atoms with E-state index in [1.807, 2.05) is 0 Å². The summed E-state index contributed by atoms with van der Waals surface area (Å²) in [6, 6.07) is 14.8. The first-order valence-electron chi connectivity index (χ1n) is 13.1. The first-order valence-corrected chi connectivity index (χ1v) is 13.1. The number of ether oxygens (including phenoxy) is 2. The van der Waals surface area contributed by atoms with E-state index in [1.54, 1.807) is 61.0 Å². The summed E-state index contributed by atoms with van der Waals surface area (Å²) < 4.78 is 12.4. The maximum Gasteiger partial charge on any atom is 0.343 e. The summed E-state index contributed by atoms with van der Waals surface area (Å²) in [5, 5.41) is 23.8. The van der Waals surface area contributed by atoms with Crippen molar-refractivity contribution in [3.63, 3.8) is 0 Å². The van der Waals surface area contributed by atoms with Crippen molar-refractivity contribution in [2.75, 3.05) is 20.3 Å². The van der Waals surface area contributed by atoms with Crippen molar-refractivity contribution in [1.29, 1.82) is 0 Å². The lowest BCUT2D eigenvalue weighted by Gasteiger charge is -2.20. The zero-order chi connectivity index (χ0) is 30.9. The number of hydrogen-bond donors (Lipinski definition) is 6. The number of aryl methyl sites for hydroxylation is 1. The molecule has 5 aromatic rings. The van der Waals surface area contributed by atoms with Crippen LogP contribution in [0.2, 0.25) is 0 Å². The second-order valence-electron chi connectivity index (χ2n) is 9.84. The Kier molecular flexibility index (Phi) is 7.61. The molecule has 2 aromatic heterocycles. The van der Waals surface area contributed by atoms with Gasteiger partial charge in [-0.2, -0.15) is 0 Å². The third-order valence-corrected chi connectivity index (χ3v) is 6.83. The van der Waals surface area contributed by atoms with E-state index >= 15 is 0 Å². The number of carbonyl (C=O) groups is 2. The van der Waals surface area contributed by atoms with E-state index in [0.29, 0.717) is 39.1 Å². The van der Waals surface area contributed by atoms with E-state index in [1.165, 1.54) is 19.2 Å². The van der Waals surface area contributed by atoms with Gasteiger partial charge in [-0.3, -0.25) is 4.79 Å². The van der Waals surface area contributed by atoms with Crippen LogP contribution in [0, 0.1) is 0 Å². The van der Waals surface area contributed by atoms with E-state index < -0.39 is 11.6 Å². The number of rotatable bonds is 10. The molecule has 0 fully saturated rings. The molecule has 0 spiro atoms. The fourth-order valence-electron chi connectivity index (χ4n) is 4.76. The lowest BCUT2D eigenvalue weighted by atomic mass is 10.1. The SMILES string of the molecule is COc1cccc(OCCNC(=O)c2ccc3nc(C(C)(O)c4nc5ccc(N=C(N)N)cc5[nH]4)n(C)c3c2)c1C(=O)O. The minimum absolute atomic E-state index is 0.0328. The van der Waals surface area contributed by atoms with Crippen molar-refractivity contribution in [1.82, 2.24) is 24.8 Å². The zero-order valence-corrected chi connectivity index (χ0v) is 23.6. The number of aromatic amines is 1. The second-order valence-corrected chi connectivity index (χ2v) is 9.84. The number of carbonyl (C=O) groups excluding carboxylic acids is 1. The van der Waals surface area contributed by atoms with Crippen LogP contribution in [-0.2, 0) is 12.6 Å².